The van der Waals surface area contributed by atoms with Crippen LogP contribution in [0.25, 0.3) is 0 Å². The zero-order chi connectivity index (χ0) is 22.9. The fraction of sp³-hybridized carbons (Fsp3) is 0.440. The van der Waals surface area contributed by atoms with E-state index in [-0.39, 0.29) is 11.9 Å². The number of carbonyl (C=O) groups is 1. The summed E-state index contributed by atoms with van der Waals surface area (Å²) in [5.74, 6) is 1.45. The third-order valence-electron chi connectivity index (χ3n) is 5.98. The van der Waals surface area contributed by atoms with Gasteiger partial charge in [0.2, 0.25) is 5.91 Å². The molecule has 0 aromatic heterocycles. The van der Waals surface area contributed by atoms with Crippen LogP contribution in [-0.4, -0.2) is 63.8 Å². The summed E-state index contributed by atoms with van der Waals surface area (Å²) < 4.78 is 10.6. The summed E-state index contributed by atoms with van der Waals surface area (Å²) in [6.45, 7) is 6.06. The molecule has 0 spiro atoms. The lowest BCUT2D eigenvalue weighted by molar-refractivity contribution is -0.125. The fourth-order valence-corrected chi connectivity index (χ4v) is 4.01. The summed E-state index contributed by atoms with van der Waals surface area (Å²) in [7, 11) is 3.24. The Morgan fingerprint density at radius 3 is 2.50 bits per heavy atom. The van der Waals surface area contributed by atoms with Crippen LogP contribution < -0.4 is 19.7 Å². The Morgan fingerprint density at radius 2 is 1.81 bits per heavy atom. The average Bonchev–Trinajstić information content (AvgIpc) is 3.09. The highest BCUT2D eigenvalue weighted by Crippen LogP contribution is 2.27. The molecule has 2 aromatic carbocycles. The van der Waals surface area contributed by atoms with Gasteiger partial charge in [-0.05, 0) is 61.7 Å². The van der Waals surface area contributed by atoms with Crippen molar-refractivity contribution in [2.75, 3.05) is 51.8 Å². The fourth-order valence-electron chi connectivity index (χ4n) is 4.01. The number of ether oxygens (including phenoxy) is 2. The minimum atomic E-state index is -0.179. The van der Waals surface area contributed by atoms with Crippen LogP contribution in [0.5, 0.6) is 11.5 Å². The summed E-state index contributed by atoms with van der Waals surface area (Å²) >= 11 is 0. The molecule has 7 heteroatoms. The molecule has 1 heterocycles. The Kier molecular flexibility index (Phi) is 8.34. The summed E-state index contributed by atoms with van der Waals surface area (Å²) in [5, 5.41) is 12.1. The standard InChI is InChI=1S/C25H32N4O3/c1-19(25(30)27-12-11-20-7-10-23(31-2)24(17-20)32-3)28-13-4-14-29(16-15-28)22-8-5-21(18-26)6-9-22/h5-10,17,19H,4,11-16H2,1-3H3,(H,27,30). The number of anilines is 1. The third-order valence-corrected chi connectivity index (χ3v) is 5.98. The molecule has 1 aliphatic heterocycles. The highest BCUT2D eigenvalue weighted by atomic mass is 16.5. The van der Waals surface area contributed by atoms with Gasteiger partial charge in [0.05, 0.1) is 31.9 Å². The predicted octanol–water partition coefficient (Wildman–Crippen LogP) is 2.83. The normalized spacial score (nSPS) is 15.4. The molecule has 1 N–H and O–H groups in total. The van der Waals surface area contributed by atoms with E-state index in [0.717, 1.165) is 50.3 Å². The van der Waals surface area contributed by atoms with E-state index < -0.39 is 0 Å². The number of methoxy groups -OCH3 is 2. The van der Waals surface area contributed by atoms with Gasteiger partial charge in [0, 0.05) is 38.4 Å². The largest absolute Gasteiger partial charge is 0.493 e. The van der Waals surface area contributed by atoms with Crippen molar-refractivity contribution in [3.8, 4) is 17.6 Å². The molecule has 0 saturated carbocycles. The Bertz CT molecular complexity index is 939. The lowest BCUT2D eigenvalue weighted by Crippen LogP contribution is -2.47. The molecule has 1 fully saturated rings. The SMILES string of the molecule is COc1ccc(CCNC(=O)C(C)N2CCCN(c3ccc(C#N)cc3)CC2)cc1OC. The Balaban J connectivity index is 1.48. The van der Waals surface area contributed by atoms with E-state index in [1.165, 1.54) is 0 Å². The number of nitriles is 1. The van der Waals surface area contributed by atoms with Crippen molar-refractivity contribution < 1.29 is 14.3 Å². The molecule has 0 aliphatic carbocycles. The molecule has 1 aliphatic rings. The molecule has 3 rings (SSSR count). The first-order valence-corrected chi connectivity index (χ1v) is 11.0. The zero-order valence-electron chi connectivity index (χ0n) is 19.1. The number of nitrogens with zero attached hydrogens (tertiary/aromatic N) is 3. The number of rotatable bonds is 8. The minimum Gasteiger partial charge on any atom is -0.493 e. The molecule has 1 amide bonds. The summed E-state index contributed by atoms with van der Waals surface area (Å²) in [6.07, 6.45) is 1.72. The Labute approximate surface area is 190 Å². The average molecular weight is 437 g/mol. The number of benzene rings is 2. The van der Waals surface area contributed by atoms with E-state index in [1.54, 1.807) is 14.2 Å². The maximum atomic E-state index is 12.7. The van der Waals surface area contributed by atoms with Crippen molar-refractivity contribution in [3.05, 3.63) is 53.6 Å². The molecular weight excluding hydrogens is 404 g/mol. The van der Waals surface area contributed by atoms with E-state index in [4.69, 9.17) is 14.7 Å². The number of amides is 1. The molecule has 170 valence electrons. The van der Waals surface area contributed by atoms with Crippen LogP contribution in [0.1, 0.15) is 24.5 Å². The van der Waals surface area contributed by atoms with Gasteiger partial charge >= 0.3 is 0 Å². The number of nitrogens with one attached hydrogen (secondary N) is 1. The topological polar surface area (TPSA) is 77.8 Å². The minimum absolute atomic E-state index is 0.0531. The van der Waals surface area contributed by atoms with Crippen molar-refractivity contribution in [1.29, 1.82) is 5.26 Å². The van der Waals surface area contributed by atoms with E-state index in [0.29, 0.717) is 23.6 Å². The van der Waals surface area contributed by atoms with Crippen LogP contribution in [0.15, 0.2) is 42.5 Å². The first-order chi connectivity index (χ1) is 15.5. The van der Waals surface area contributed by atoms with Crippen LogP contribution in [0.2, 0.25) is 0 Å². The second-order valence-electron chi connectivity index (χ2n) is 7.94. The van der Waals surface area contributed by atoms with Crippen LogP contribution in [0.4, 0.5) is 5.69 Å². The number of carbonyl (C=O) groups excluding carboxylic acids is 1. The summed E-state index contributed by atoms with van der Waals surface area (Å²) in [4.78, 5) is 17.3. The van der Waals surface area contributed by atoms with Gasteiger partial charge in [0.1, 0.15) is 0 Å². The van der Waals surface area contributed by atoms with Crippen LogP contribution >= 0.6 is 0 Å². The third kappa shape index (κ3) is 5.92. The smallest absolute Gasteiger partial charge is 0.237 e. The molecule has 1 unspecified atom stereocenters. The van der Waals surface area contributed by atoms with Gasteiger partial charge in [-0.3, -0.25) is 9.69 Å². The van der Waals surface area contributed by atoms with Crippen LogP contribution in [0, 0.1) is 11.3 Å². The zero-order valence-corrected chi connectivity index (χ0v) is 19.1. The first kappa shape index (κ1) is 23.4. The summed E-state index contributed by atoms with van der Waals surface area (Å²) in [5.41, 5.74) is 2.88. The molecule has 2 aromatic rings. The van der Waals surface area contributed by atoms with Crippen molar-refractivity contribution in [1.82, 2.24) is 10.2 Å². The van der Waals surface area contributed by atoms with Gasteiger partial charge in [-0.25, -0.2) is 0 Å². The van der Waals surface area contributed by atoms with E-state index in [1.807, 2.05) is 49.4 Å². The van der Waals surface area contributed by atoms with E-state index >= 15 is 0 Å². The highest BCUT2D eigenvalue weighted by Gasteiger charge is 2.24. The monoisotopic (exact) mass is 436 g/mol. The van der Waals surface area contributed by atoms with Gasteiger partial charge in [0.15, 0.2) is 11.5 Å². The quantitative estimate of drug-likeness (QED) is 0.686. The first-order valence-electron chi connectivity index (χ1n) is 11.0. The van der Waals surface area contributed by atoms with Gasteiger partial charge < -0.3 is 19.7 Å². The molecule has 1 atom stereocenters. The molecule has 7 nitrogen and oxygen atoms in total. The molecule has 0 radical (unpaired) electrons. The highest BCUT2D eigenvalue weighted by molar-refractivity contribution is 5.81. The second-order valence-corrected chi connectivity index (χ2v) is 7.94. The maximum absolute atomic E-state index is 12.7. The van der Waals surface area contributed by atoms with Crippen molar-refractivity contribution in [2.45, 2.75) is 25.8 Å². The van der Waals surface area contributed by atoms with Gasteiger partial charge in [0.25, 0.3) is 0 Å². The van der Waals surface area contributed by atoms with Gasteiger partial charge in [-0.1, -0.05) is 6.07 Å². The molecule has 0 bridgehead atoms. The van der Waals surface area contributed by atoms with Crippen molar-refractivity contribution in [3.63, 3.8) is 0 Å². The van der Waals surface area contributed by atoms with Gasteiger partial charge in [-0.2, -0.15) is 5.26 Å². The predicted molar refractivity (Wildman–Crippen MR) is 125 cm³/mol. The summed E-state index contributed by atoms with van der Waals surface area (Å²) in [6, 6.07) is 15.5. The number of hydrogen-bond donors (Lipinski definition) is 1. The van der Waals surface area contributed by atoms with Crippen LogP contribution in [0.3, 0.4) is 0 Å². The second kappa shape index (κ2) is 11.4. The maximum Gasteiger partial charge on any atom is 0.237 e. The lowest BCUT2D eigenvalue weighted by Gasteiger charge is -2.27. The van der Waals surface area contributed by atoms with Crippen molar-refractivity contribution in [2.24, 2.45) is 0 Å². The lowest BCUT2D eigenvalue weighted by atomic mass is 10.1. The Morgan fingerprint density at radius 1 is 1.06 bits per heavy atom. The number of hydrogen-bond acceptors (Lipinski definition) is 6. The van der Waals surface area contributed by atoms with Gasteiger partial charge in [-0.15, -0.1) is 0 Å². The molecule has 32 heavy (non-hydrogen) atoms. The van der Waals surface area contributed by atoms with E-state index in [9.17, 15) is 4.79 Å². The van der Waals surface area contributed by atoms with E-state index in [2.05, 4.69) is 21.2 Å². The Hall–Kier alpha value is -3.24. The molecule has 1 saturated heterocycles. The van der Waals surface area contributed by atoms with Crippen LogP contribution in [-0.2, 0) is 11.2 Å². The molecular formula is C25H32N4O3. The van der Waals surface area contributed by atoms with Crippen molar-refractivity contribution >= 4 is 11.6 Å².